The average Bonchev–Trinajstić information content (AvgIpc) is 3.14. The molecular weight excluding hydrogens is 397 g/mol. The molecule has 7 rings (SSSR count). The minimum Gasteiger partial charge on any atom is -0.283 e. The van der Waals surface area contributed by atoms with Crippen molar-refractivity contribution in [2.24, 2.45) is 23.2 Å². The summed E-state index contributed by atoms with van der Waals surface area (Å²) in [6.45, 7) is 0.455. The molecule has 0 radical (unpaired) electrons. The van der Waals surface area contributed by atoms with Crippen molar-refractivity contribution >= 4 is 32.6 Å². The smallest absolute Gasteiger partial charge is 0.235 e. The van der Waals surface area contributed by atoms with Gasteiger partial charge in [-0.25, -0.2) is 9.37 Å². The van der Waals surface area contributed by atoms with Crippen LogP contribution in [0.2, 0.25) is 0 Å². The molecule has 4 saturated carbocycles. The molecule has 0 N–H and O–H groups in total. The monoisotopic (exact) mass is 421 g/mol. The molecule has 0 saturated heterocycles. The number of nitrogens with zero attached hydrogens (tertiary/aromatic N) is 3. The Labute approximate surface area is 179 Å². The number of aromatic nitrogens is 2. The standard InChI is InChI=1S/C24H24FN3OS/c25-19-3-4-20-21(9-19)30-23(27-20)28(14-15-2-1-5-26-13-15)22(29)24-10-16-6-17(11-24)8-18(7-16)12-24/h1-5,9,13,16-18H,6-8,10-12,14H2. The molecule has 0 aliphatic heterocycles. The molecular formula is C24H24FN3OS. The van der Waals surface area contributed by atoms with E-state index in [1.807, 2.05) is 23.2 Å². The molecule has 4 aliphatic rings. The van der Waals surface area contributed by atoms with Gasteiger partial charge in [0.2, 0.25) is 5.91 Å². The van der Waals surface area contributed by atoms with E-state index in [4.69, 9.17) is 4.98 Å². The van der Waals surface area contributed by atoms with Crippen LogP contribution in [0.15, 0.2) is 42.7 Å². The normalized spacial score (nSPS) is 29.4. The van der Waals surface area contributed by atoms with Crippen LogP contribution >= 0.6 is 11.3 Å². The summed E-state index contributed by atoms with van der Waals surface area (Å²) >= 11 is 1.40. The number of halogens is 1. The maximum absolute atomic E-state index is 14.1. The third-order valence-corrected chi connectivity index (χ3v) is 8.41. The van der Waals surface area contributed by atoms with E-state index < -0.39 is 0 Å². The van der Waals surface area contributed by atoms with Crippen LogP contribution < -0.4 is 4.90 Å². The van der Waals surface area contributed by atoms with Gasteiger partial charge in [-0.1, -0.05) is 17.4 Å². The molecule has 2 heterocycles. The van der Waals surface area contributed by atoms with Gasteiger partial charge < -0.3 is 0 Å². The number of fused-ring (bicyclic) bond motifs is 1. The maximum Gasteiger partial charge on any atom is 0.235 e. The van der Waals surface area contributed by atoms with Gasteiger partial charge in [-0.05, 0) is 86.1 Å². The van der Waals surface area contributed by atoms with Gasteiger partial charge in [-0.2, -0.15) is 0 Å². The largest absolute Gasteiger partial charge is 0.283 e. The van der Waals surface area contributed by atoms with Crippen molar-refractivity contribution in [2.45, 2.75) is 45.1 Å². The molecule has 1 amide bonds. The number of amides is 1. The van der Waals surface area contributed by atoms with Crippen LogP contribution in [-0.4, -0.2) is 15.9 Å². The first-order chi connectivity index (χ1) is 14.6. The lowest BCUT2D eigenvalue weighted by Crippen LogP contribution is -2.54. The van der Waals surface area contributed by atoms with Crippen molar-refractivity contribution in [3.05, 3.63) is 54.1 Å². The van der Waals surface area contributed by atoms with Gasteiger partial charge in [0, 0.05) is 12.4 Å². The Balaban J connectivity index is 1.41. The average molecular weight is 422 g/mol. The molecule has 4 bridgehead atoms. The van der Waals surface area contributed by atoms with Crippen LogP contribution in [0.25, 0.3) is 10.2 Å². The van der Waals surface area contributed by atoms with Crippen LogP contribution in [-0.2, 0) is 11.3 Å². The molecule has 4 fully saturated rings. The van der Waals surface area contributed by atoms with Crippen molar-refractivity contribution in [3.8, 4) is 0 Å². The minimum atomic E-state index is -0.274. The molecule has 6 heteroatoms. The number of hydrogen-bond donors (Lipinski definition) is 0. The fourth-order valence-electron chi connectivity index (χ4n) is 6.56. The van der Waals surface area contributed by atoms with Crippen LogP contribution in [0.5, 0.6) is 0 Å². The van der Waals surface area contributed by atoms with Gasteiger partial charge in [0.25, 0.3) is 0 Å². The van der Waals surface area contributed by atoms with E-state index in [0.29, 0.717) is 29.4 Å². The van der Waals surface area contributed by atoms with Gasteiger partial charge in [-0.3, -0.25) is 14.7 Å². The Kier molecular flexibility index (Phi) is 4.20. The van der Waals surface area contributed by atoms with E-state index >= 15 is 0 Å². The lowest BCUT2D eigenvalue weighted by molar-refractivity contribution is -0.143. The number of thiazole rings is 1. The second-order valence-electron chi connectivity index (χ2n) is 9.56. The summed E-state index contributed by atoms with van der Waals surface area (Å²) in [4.78, 5) is 25.0. The first-order valence-corrected chi connectivity index (χ1v) is 11.7. The van der Waals surface area contributed by atoms with Gasteiger partial charge >= 0.3 is 0 Å². The highest BCUT2D eigenvalue weighted by Crippen LogP contribution is 2.60. The fourth-order valence-corrected chi connectivity index (χ4v) is 7.55. The Hall–Kier alpha value is -2.34. The van der Waals surface area contributed by atoms with Gasteiger partial charge in [0.15, 0.2) is 5.13 Å². The molecule has 4 nitrogen and oxygen atoms in total. The lowest BCUT2D eigenvalue weighted by Gasteiger charge is -2.56. The minimum absolute atomic E-state index is 0.213. The Morgan fingerprint density at radius 1 is 1.13 bits per heavy atom. The number of carbonyl (C=O) groups is 1. The Morgan fingerprint density at radius 2 is 1.87 bits per heavy atom. The van der Waals surface area contributed by atoms with Crippen molar-refractivity contribution in [2.75, 3.05) is 4.90 Å². The van der Waals surface area contributed by atoms with Crippen molar-refractivity contribution < 1.29 is 9.18 Å². The van der Waals surface area contributed by atoms with Crippen LogP contribution in [0.1, 0.15) is 44.1 Å². The number of hydrogen-bond acceptors (Lipinski definition) is 4. The summed E-state index contributed by atoms with van der Waals surface area (Å²) in [5, 5.41) is 0.667. The maximum atomic E-state index is 14.1. The van der Waals surface area contributed by atoms with Crippen LogP contribution in [0, 0.1) is 29.0 Å². The number of rotatable bonds is 4. The SMILES string of the molecule is O=C(N(Cc1cccnc1)c1nc2ccc(F)cc2s1)C12CC3CC(CC(C3)C1)C2. The van der Waals surface area contributed by atoms with Crippen molar-refractivity contribution in [3.63, 3.8) is 0 Å². The lowest BCUT2D eigenvalue weighted by atomic mass is 9.49. The first-order valence-electron chi connectivity index (χ1n) is 10.8. The third-order valence-electron chi connectivity index (χ3n) is 7.37. The quantitative estimate of drug-likeness (QED) is 0.552. The van der Waals surface area contributed by atoms with E-state index in [1.165, 1.54) is 42.7 Å². The van der Waals surface area contributed by atoms with E-state index in [1.54, 1.807) is 12.3 Å². The summed E-state index contributed by atoms with van der Waals surface area (Å²) < 4.78 is 14.5. The summed E-state index contributed by atoms with van der Waals surface area (Å²) in [6.07, 6.45) is 10.5. The molecule has 3 aromatic rings. The van der Waals surface area contributed by atoms with Gasteiger partial charge in [-0.15, -0.1) is 0 Å². The van der Waals surface area contributed by atoms with E-state index in [2.05, 4.69) is 4.98 Å². The molecule has 4 aliphatic carbocycles. The predicted molar refractivity (Wildman–Crippen MR) is 116 cm³/mol. The van der Waals surface area contributed by atoms with Crippen LogP contribution in [0.4, 0.5) is 9.52 Å². The topological polar surface area (TPSA) is 46.1 Å². The third kappa shape index (κ3) is 3.04. The molecule has 30 heavy (non-hydrogen) atoms. The molecule has 0 unspecified atom stereocenters. The summed E-state index contributed by atoms with van der Waals surface area (Å²) in [6, 6.07) is 8.53. The molecule has 0 spiro atoms. The molecule has 1 aromatic carbocycles. The molecule has 2 aromatic heterocycles. The molecule has 0 atom stereocenters. The zero-order valence-electron chi connectivity index (χ0n) is 16.8. The summed E-state index contributed by atoms with van der Waals surface area (Å²) in [5.74, 6) is 2.04. The summed E-state index contributed by atoms with van der Waals surface area (Å²) in [5.41, 5.74) is 1.48. The Bertz CT molecular complexity index is 1080. The van der Waals surface area contributed by atoms with E-state index in [-0.39, 0.29) is 17.1 Å². The van der Waals surface area contributed by atoms with E-state index in [0.717, 1.165) is 35.0 Å². The number of benzene rings is 1. The Morgan fingerprint density at radius 3 is 2.53 bits per heavy atom. The first kappa shape index (κ1) is 18.4. The number of anilines is 1. The highest BCUT2D eigenvalue weighted by Gasteiger charge is 2.56. The highest BCUT2D eigenvalue weighted by molar-refractivity contribution is 7.22. The van der Waals surface area contributed by atoms with Gasteiger partial charge in [0.1, 0.15) is 5.82 Å². The highest BCUT2D eigenvalue weighted by atomic mass is 32.1. The van der Waals surface area contributed by atoms with Crippen LogP contribution in [0.3, 0.4) is 0 Å². The summed E-state index contributed by atoms with van der Waals surface area (Å²) in [7, 11) is 0. The van der Waals surface area contributed by atoms with E-state index in [9.17, 15) is 9.18 Å². The zero-order valence-corrected chi connectivity index (χ0v) is 17.6. The predicted octanol–water partition coefficient (Wildman–Crippen LogP) is 5.58. The second kappa shape index (κ2) is 6.84. The molecule has 154 valence electrons. The number of pyridine rings is 1. The van der Waals surface area contributed by atoms with Crippen molar-refractivity contribution in [1.29, 1.82) is 0 Å². The zero-order chi connectivity index (χ0) is 20.3. The fraction of sp³-hybridized carbons (Fsp3) is 0.458. The van der Waals surface area contributed by atoms with Gasteiger partial charge in [0.05, 0.1) is 22.2 Å². The van der Waals surface area contributed by atoms with Crippen molar-refractivity contribution in [1.82, 2.24) is 9.97 Å². The second-order valence-corrected chi connectivity index (χ2v) is 10.6. The number of carbonyl (C=O) groups excluding carboxylic acids is 1.